The molecule has 2 atom stereocenters. The molecular weight excluding hydrogens is 590 g/mol. The number of allylic oxidation sites excluding steroid dienone is 6. The van der Waals surface area contributed by atoms with E-state index in [2.05, 4.69) is 134 Å². The summed E-state index contributed by atoms with van der Waals surface area (Å²) < 4.78 is 12.3. The molecule has 0 spiro atoms. The molecule has 0 amide bonds. The quantitative estimate of drug-likeness (QED) is 0.107. The van der Waals surface area contributed by atoms with Crippen LogP contribution in [-0.4, -0.2) is 5.97 Å². The number of benzene rings is 2. The zero-order chi connectivity index (χ0) is 33.2. The molecule has 3 aromatic heterocycles. The average Bonchev–Trinajstić information content (AvgIpc) is 3.10. The molecule has 0 aliphatic heterocycles. The number of carbonyl (C=O) groups excluding carboxylic acids is 1. The molecule has 0 bridgehead atoms. The third-order valence-corrected chi connectivity index (χ3v) is 9.81. The summed E-state index contributed by atoms with van der Waals surface area (Å²) >= 11 is 0. The number of aromatic nitrogens is 3. The van der Waals surface area contributed by atoms with Crippen LogP contribution in [-0.2, 0) is 32.3 Å². The molecule has 0 fully saturated rings. The second-order valence-electron chi connectivity index (χ2n) is 13.0. The topological polar surface area (TPSA) is 37.9 Å². The Kier molecular flexibility index (Phi) is 8.68. The molecule has 2 aliphatic rings. The molecule has 0 radical (unpaired) electrons. The molecular formula is C43H42N3O2+3. The Balaban J connectivity index is 1.38. The van der Waals surface area contributed by atoms with Crippen molar-refractivity contribution in [3.05, 3.63) is 162 Å². The number of carbonyl (C=O) groups is 1. The molecule has 2 unspecified atom stereocenters. The van der Waals surface area contributed by atoms with Gasteiger partial charge in [-0.1, -0.05) is 66.3 Å². The van der Waals surface area contributed by atoms with Gasteiger partial charge >= 0.3 is 5.97 Å². The van der Waals surface area contributed by atoms with Gasteiger partial charge in [0.15, 0.2) is 24.3 Å². The van der Waals surface area contributed by atoms with Crippen molar-refractivity contribution in [3.63, 3.8) is 0 Å². The van der Waals surface area contributed by atoms with Crippen molar-refractivity contribution in [2.45, 2.75) is 32.1 Å². The third kappa shape index (κ3) is 6.04. The lowest BCUT2D eigenvalue weighted by atomic mass is 9.79. The molecule has 0 saturated heterocycles. The van der Waals surface area contributed by atoms with E-state index in [1.54, 1.807) is 16.9 Å². The molecule has 5 nitrogen and oxygen atoms in total. The van der Waals surface area contributed by atoms with E-state index in [4.69, 9.17) is 4.74 Å². The number of pyridine rings is 3. The van der Waals surface area contributed by atoms with Gasteiger partial charge in [0.2, 0.25) is 5.69 Å². The van der Waals surface area contributed by atoms with Gasteiger partial charge in [-0.2, -0.15) is 4.57 Å². The highest BCUT2D eigenvalue weighted by atomic mass is 16.5. The normalized spacial score (nSPS) is 17.0. The Morgan fingerprint density at radius 3 is 2.50 bits per heavy atom. The summed E-state index contributed by atoms with van der Waals surface area (Å²) in [6.45, 7) is 2.14. The molecule has 2 aliphatic carbocycles. The summed E-state index contributed by atoms with van der Waals surface area (Å²) in [7, 11) is 6.08. The Morgan fingerprint density at radius 1 is 0.854 bits per heavy atom. The first kappa shape index (κ1) is 31.2. The van der Waals surface area contributed by atoms with Gasteiger partial charge in [-0.25, -0.2) is 13.9 Å². The predicted octanol–water partition coefficient (Wildman–Crippen LogP) is 7.36. The third-order valence-electron chi connectivity index (χ3n) is 9.81. The average molecular weight is 633 g/mol. The van der Waals surface area contributed by atoms with Crippen LogP contribution < -0.4 is 13.7 Å². The van der Waals surface area contributed by atoms with Crippen molar-refractivity contribution in [2.24, 2.45) is 27.1 Å². The van der Waals surface area contributed by atoms with E-state index in [9.17, 15) is 4.79 Å². The number of aryl methyl sites for hydroxylation is 5. The van der Waals surface area contributed by atoms with Crippen molar-refractivity contribution in [1.82, 2.24) is 0 Å². The van der Waals surface area contributed by atoms with Crippen LogP contribution in [0.2, 0.25) is 0 Å². The molecule has 0 N–H and O–H groups in total. The van der Waals surface area contributed by atoms with Crippen LogP contribution in [0.3, 0.4) is 0 Å². The number of fused-ring (bicyclic) bond motifs is 3. The first-order chi connectivity index (χ1) is 23.4. The van der Waals surface area contributed by atoms with E-state index in [0.717, 1.165) is 35.2 Å². The number of ether oxygens (including phenoxy) is 1. The van der Waals surface area contributed by atoms with E-state index in [1.165, 1.54) is 33.2 Å². The number of hydrogen-bond donors (Lipinski definition) is 0. The monoisotopic (exact) mass is 632 g/mol. The van der Waals surface area contributed by atoms with Crippen LogP contribution in [0.15, 0.2) is 128 Å². The number of esters is 1. The summed E-state index contributed by atoms with van der Waals surface area (Å²) in [4.78, 5) is 13.5. The van der Waals surface area contributed by atoms with E-state index < -0.39 is 0 Å². The maximum Gasteiger partial charge on any atom is 0.408 e. The zero-order valence-electron chi connectivity index (χ0n) is 28.1. The minimum absolute atomic E-state index is 0.149. The predicted molar refractivity (Wildman–Crippen MR) is 190 cm³/mol. The number of rotatable bonds is 7. The Labute approximate surface area is 283 Å². The molecule has 0 saturated carbocycles. The fraction of sp³-hybridized carbons (Fsp3) is 0.209. The molecule has 7 rings (SSSR count). The highest BCUT2D eigenvalue weighted by molar-refractivity contribution is 5.99. The first-order valence-corrected chi connectivity index (χ1v) is 16.8. The summed E-state index contributed by atoms with van der Waals surface area (Å²) in [6.07, 6.45) is 24.0. The minimum atomic E-state index is -0.384. The van der Waals surface area contributed by atoms with Crippen molar-refractivity contribution in [1.29, 1.82) is 0 Å². The van der Waals surface area contributed by atoms with Crippen molar-refractivity contribution >= 4 is 28.4 Å². The van der Waals surface area contributed by atoms with Crippen LogP contribution in [0.4, 0.5) is 0 Å². The van der Waals surface area contributed by atoms with E-state index in [0.29, 0.717) is 12.1 Å². The van der Waals surface area contributed by atoms with Gasteiger partial charge < -0.3 is 4.74 Å². The second-order valence-corrected chi connectivity index (χ2v) is 13.0. The van der Waals surface area contributed by atoms with E-state index >= 15 is 0 Å². The summed E-state index contributed by atoms with van der Waals surface area (Å²) in [6, 6.07) is 25.3. The zero-order valence-corrected chi connectivity index (χ0v) is 28.1. The molecule has 5 heteroatoms. The highest BCUT2D eigenvalue weighted by Gasteiger charge is 2.30. The van der Waals surface area contributed by atoms with Crippen molar-refractivity contribution in [2.75, 3.05) is 0 Å². The second kappa shape index (κ2) is 13.4. The minimum Gasteiger partial charge on any atom is -0.426 e. The van der Waals surface area contributed by atoms with Crippen LogP contribution >= 0.6 is 0 Å². The Bertz CT molecular complexity index is 2170. The van der Waals surface area contributed by atoms with Crippen LogP contribution in [0.25, 0.3) is 33.7 Å². The summed E-state index contributed by atoms with van der Waals surface area (Å²) in [5.41, 5.74) is 9.92. The molecule has 2 aromatic carbocycles. The number of nitrogens with zero attached hydrogens (tertiary/aromatic N) is 3. The van der Waals surface area contributed by atoms with E-state index in [1.807, 2.05) is 25.4 Å². The highest BCUT2D eigenvalue weighted by Crippen LogP contribution is 2.40. The first-order valence-electron chi connectivity index (χ1n) is 16.8. The number of hydrogen-bond acceptors (Lipinski definition) is 2. The van der Waals surface area contributed by atoms with Crippen molar-refractivity contribution in [3.8, 4) is 11.3 Å². The maximum atomic E-state index is 13.5. The lowest BCUT2D eigenvalue weighted by Gasteiger charge is -2.24. The summed E-state index contributed by atoms with van der Waals surface area (Å²) in [5.74, 6) is -0.0743. The van der Waals surface area contributed by atoms with Gasteiger partial charge in [0.25, 0.3) is 5.69 Å². The van der Waals surface area contributed by atoms with Gasteiger partial charge in [0.05, 0.1) is 23.1 Å². The van der Waals surface area contributed by atoms with Gasteiger partial charge in [-0.05, 0) is 78.0 Å². The standard InChI is InChI=1S/C43H42N3O2/c1-30-19-21-35(39(27-30)42-38-22-20-31-13-5-7-15-34(31)37(38)23-26-46(42)4)33(29-48-43(47)41-18-10-12-25-45(41)3)28-32-14-6-8-16-36(32)40-17-9-11-24-44(40)2/h5-6,8-14,16-27,29,32,36H,7,15,28H2,1-4H3/q+3. The van der Waals surface area contributed by atoms with Crippen LogP contribution in [0, 0.1) is 12.8 Å². The van der Waals surface area contributed by atoms with Gasteiger partial charge in [-0.3, -0.25) is 0 Å². The lowest BCUT2D eigenvalue weighted by Crippen LogP contribution is -2.36. The smallest absolute Gasteiger partial charge is 0.408 e. The van der Waals surface area contributed by atoms with Gasteiger partial charge in [0.1, 0.15) is 21.1 Å². The SMILES string of the molecule is Cc1ccc(C(=COC(=O)c2cccc[n+]2C)CC2C=CC=CC2c2cccc[n+]2C)c(-c2c3ccc4c(c3cc[n+]2C)CCC=C4)c1. The van der Waals surface area contributed by atoms with Crippen molar-refractivity contribution < 1.29 is 23.2 Å². The van der Waals surface area contributed by atoms with Crippen LogP contribution in [0.5, 0.6) is 0 Å². The van der Waals surface area contributed by atoms with Gasteiger partial charge in [0, 0.05) is 30.3 Å². The Hall–Kier alpha value is -5.42. The van der Waals surface area contributed by atoms with Crippen LogP contribution in [0.1, 0.15) is 57.2 Å². The van der Waals surface area contributed by atoms with Gasteiger partial charge in [-0.15, -0.1) is 0 Å². The molecule has 48 heavy (non-hydrogen) atoms. The maximum absolute atomic E-state index is 13.5. The van der Waals surface area contributed by atoms with E-state index in [-0.39, 0.29) is 17.8 Å². The molecule has 238 valence electrons. The fourth-order valence-corrected chi connectivity index (χ4v) is 7.32. The fourth-order valence-electron chi connectivity index (χ4n) is 7.32. The summed E-state index contributed by atoms with van der Waals surface area (Å²) in [5, 5.41) is 2.52. The largest absolute Gasteiger partial charge is 0.426 e. The molecule has 5 aromatic rings. The lowest BCUT2D eigenvalue weighted by molar-refractivity contribution is -0.680. The Morgan fingerprint density at radius 2 is 1.67 bits per heavy atom. The molecule has 3 heterocycles.